The molecule has 1 fully saturated rings. The normalized spacial score (nSPS) is 17.3. The van der Waals surface area contributed by atoms with E-state index >= 15 is 0 Å². The van der Waals surface area contributed by atoms with Gasteiger partial charge in [-0.3, -0.25) is 9.69 Å². The number of para-hydroxylation sites is 1. The molecule has 4 nitrogen and oxygen atoms in total. The third-order valence-corrected chi connectivity index (χ3v) is 3.91. The van der Waals surface area contributed by atoms with Crippen molar-refractivity contribution in [2.45, 2.75) is 6.42 Å². The molecule has 3 rings (SSSR count). The molecule has 19 heavy (non-hydrogen) atoms. The zero-order valence-electron chi connectivity index (χ0n) is 11.2. The summed E-state index contributed by atoms with van der Waals surface area (Å²) in [6.45, 7) is 3.32. The van der Waals surface area contributed by atoms with Gasteiger partial charge in [-0.15, -0.1) is 0 Å². The fourth-order valence-corrected chi connectivity index (χ4v) is 2.62. The summed E-state index contributed by atoms with van der Waals surface area (Å²) in [4.78, 5) is 19.0. The van der Waals surface area contributed by atoms with Crippen molar-refractivity contribution in [2.24, 2.45) is 0 Å². The van der Waals surface area contributed by atoms with Gasteiger partial charge < -0.3 is 9.88 Å². The standard InChI is InChI=1S/C15H19N3O/c1-17-8-9-18(11-15(17)19)7-6-12-10-16-14-5-3-2-4-13(12)14/h2-5,10,16H,6-9,11H2,1H3. The van der Waals surface area contributed by atoms with Crippen molar-refractivity contribution < 1.29 is 4.79 Å². The molecule has 0 radical (unpaired) electrons. The quantitative estimate of drug-likeness (QED) is 0.904. The Morgan fingerprint density at radius 3 is 2.95 bits per heavy atom. The highest BCUT2D eigenvalue weighted by atomic mass is 16.2. The first kappa shape index (κ1) is 12.2. The lowest BCUT2D eigenvalue weighted by molar-refractivity contribution is -0.134. The molecule has 0 atom stereocenters. The predicted molar refractivity (Wildman–Crippen MR) is 76.1 cm³/mol. The van der Waals surface area contributed by atoms with Crippen molar-refractivity contribution in [3.05, 3.63) is 36.0 Å². The second kappa shape index (κ2) is 5.05. The molecule has 2 aromatic rings. The molecule has 0 unspecified atom stereocenters. The van der Waals surface area contributed by atoms with Gasteiger partial charge in [-0.25, -0.2) is 0 Å². The molecule has 1 N–H and O–H groups in total. The van der Waals surface area contributed by atoms with Crippen LogP contribution < -0.4 is 0 Å². The molecule has 1 saturated heterocycles. The summed E-state index contributed by atoms with van der Waals surface area (Å²) >= 11 is 0. The van der Waals surface area contributed by atoms with Gasteiger partial charge in [0.1, 0.15) is 0 Å². The van der Waals surface area contributed by atoms with E-state index in [1.54, 1.807) is 0 Å². The highest BCUT2D eigenvalue weighted by Crippen LogP contribution is 2.18. The van der Waals surface area contributed by atoms with E-state index in [0.717, 1.165) is 26.1 Å². The van der Waals surface area contributed by atoms with E-state index in [0.29, 0.717) is 6.54 Å². The zero-order valence-corrected chi connectivity index (χ0v) is 11.2. The largest absolute Gasteiger partial charge is 0.361 e. The van der Waals surface area contributed by atoms with Gasteiger partial charge >= 0.3 is 0 Å². The van der Waals surface area contributed by atoms with Crippen LogP contribution in [0.3, 0.4) is 0 Å². The monoisotopic (exact) mass is 257 g/mol. The molecule has 100 valence electrons. The van der Waals surface area contributed by atoms with Gasteiger partial charge in [-0.05, 0) is 18.1 Å². The Morgan fingerprint density at radius 1 is 1.26 bits per heavy atom. The van der Waals surface area contributed by atoms with Gasteiger partial charge in [-0.2, -0.15) is 0 Å². The molecule has 0 aliphatic carbocycles. The van der Waals surface area contributed by atoms with Gasteiger partial charge in [-0.1, -0.05) is 18.2 Å². The van der Waals surface area contributed by atoms with Gasteiger partial charge in [0, 0.05) is 43.8 Å². The van der Waals surface area contributed by atoms with E-state index in [2.05, 4.69) is 34.3 Å². The fourth-order valence-electron chi connectivity index (χ4n) is 2.62. The predicted octanol–water partition coefficient (Wildman–Crippen LogP) is 1.48. The average Bonchev–Trinajstić information content (AvgIpc) is 2.83. The highest BCUT2D eigenvalue weighted by Gasteiger charge is 2.20. The van der Waals surface area contributed by atoms with Gasteiger partial charge in [0.25, 0.3) is 0 Å². The molecule has 1 aromatic heterocycles. The molecule has 0 spiro atoms. The Bertz CT molecular complexity index is 590. The van der Waals surface area contributed by atoms with Crippen molar-refractivity contribution >= 4 is 16.8 Å². The van der Waals surface area contributed by atoms with E-state index < -0.39 is 0 Å². The first-order valence-electron chi connectivity index (χ1n) is 6.75. The fraction of sp³-hybridized carbons (Fsp3) is 0.400. The molecule has 0 saturated carbocycles. The smallest absolute Gasteiger partial charge is 0.236 e. The lowest BCUT2D eigenvalue weighted by atomic mass is 10.1. The molecular formula is C15H19N3O. The number of amides is 1. The Balaban J connectivity index is 1.65. The van der Waals surface area contributed by atoms with E-state index in [1.807, 2.05) is 18.0 Å². The molecule has 1 aromatic carbocycles. The number of benzene rings is 1. The van der Waals surface area contributed by atoms with Crippen molar-refractivity contribution in [3.8, 4) is 0 Å². The summed E-state index contributed by atoms with van der Waals surface area (Å²) in [5.74, 6) is 0.227. The van der Waals surface area contributed by atoms with Crippen LogP contribution in [0.5, 0.6) is 0 Å². The summed E-state index contributed by atoms with van der Waals surface area (Å²) in [5.41, 5.74) is 2.52. The van der Waals surface area contributed by atoms with Crippen molar-refractivity contribution in [1.82, 2.24) is 14.8 Å². The van der Waals surface area contributed by atoms with Gasteiger partial charge in [0.2, 0.25) is 5.91 Å². The SMILES string of the molecule is CN1CCN(CCc2c[nH]c3ccccc23)CC1=O. The number of likely N-dealkylation sites (N-methyl/N-ethyl adjacent to an activating group) is 1. The van der Waals surface area contributed by atoms with Crippen LogP contribution in [0.4, 0.5) is 0 Å². The Labute approximate surface area is 113 Å². The van der Waals surface area contributed by atoms with Gasteiger partial charge in [0.15, 0.2) is 0 Å². The number of carbonyl (C=O) groups is 1. The summed E-state index contributed by atoms with van der Waals surface area (Å²) in [6.07, 6.45) is 3.07. The molecule has 0 bridgehead atoms. The number of H-pyrrole nitrogens is 1. The maximum Gasteiger partial charge on any atom is 0.236 e. The van der Waals surface area contributed by atoms with Crippen molar-refractivity contribution in [3.63, 3.8) is 0 Å². The van der Waals surface area contributed by atoms with Crippen LogP contribution in [0.1, 0.15) is 5.56 Å². The van der Waals surface area contributed by atoms with E-state index in [1.165, 1.54) is 16.5 Å². The van der Waals surface area contributed by atoms with Crippen LogP contribution in [0, 0.1) is 0 Å². The molecule has 1 aliphatic rings. The van der Waals surface area contributed by atoms with E-state index in [4.69, 9.17) is 0 Å². The number of nitrogens with one attached hydrogen (secondary N) is 1. The number of carbonyl (C=O) groups excluding carboxylic acids is 1. The number of hydrogen-bond donors (Lipinski definition) is 1. The lowest BCUT2D eigenvalue weighted by Gasteiger charge is -2.31. The first-order chi connectivity index (χ1) is 9.24. The van der Waals surface area contributed by atoms with Gasteiger partial charge in [0.05, 0.1) is 6.54 Å². The topological polar surface area (TPSA) is 39.3 Å². The van der Waals surface area contributed by atoms with Crippen LogP contribution in [0.2, 0.25) is 0 Å². The molecule has 2 heterocycles. The average molecular weight is 257 g/mol. The Morgan fingerprint density at radius 2 is 2.11 bits per heavy atom. The number of fused-ring (bicyclic) bond motifs is 1. The third kappa shape index (κ3) is 2.49. The third-order valence-electron chi connectivity index (χ3n) is 3.91. The second-order valence-corrected chi connectivity index (χ2v) is 5.20. The van der Waals surface area contributed by atoms with Crippen molar-refractivity contribution in [2.75, 3.05) is 33.2 Å². The summed E-state index contributed by atoms with van der Waals surface area (Å²) in [6, 6.07) is 8.36. The number of rotatable bonds is 3. The minimum atomic E-state index is 0.227. The van der Waals surface area contributed by atoms with Crippen LogP contribution in [0.15, 0.2) is 30.5 Å². The van der Waals surface area contributed by atoms with Crippen LogP contribution in [-0.2, 0) is 11.2 Å². The summed E-state index contributed by atoms with van der Waals surface area (Å²) < 4.78 is 0. The number of hydrogen-bond acceptors (Lipinski definition) is 2. The minimum Gasteiger partial charge on any atom is -0.361 e. The first-order valence-corrected chi connectivity index (χ1v) is 6.75. The maximum atomic E-state index is 11.7. The minimum absolute atomic E-state index is 0.227. The van der Waals surface area contributed by atoms with Crippen LogP contribution in [0.25, 0.3) is 10.9 Å². The molecule has 4 heteroatoms. The van der Waals surface area contributed by atoms with E-state index in [-0.39, 0.29) is 5.91 Å². The zero-order chi connectivity index (χ0) is 13.2. The number of nitrogens with zero attached hydrogens (tertiary/aromatic N) is 2. The lowest BCUT2D eigenvalue weighted by Crippen LogP contribution is -2.48. The maximum absolute atomic E-state index is 11.7. The summed E-state index contributed by atoms with van der Waals surface area (Å²) in [5, 5.41) is 1.29. The summed E-state index contributed by atoms with van der Waals surface area (Å²) in [7, 11) is 1.87. The Kier molecular flexibility index (Phi) is 3.25. The van der Waals surface area contributed by atoms with Crippen LogP contribution in [-0.4, -0.2) is 53.9 Å². The second-order valence-electron chi connectivity index (χ2n) is 5.20. The Hall–Kier alpha value is -1.81. The van der Waals surface area contributed by atoms with E-state index in [9.17, 15) is 4.79 Å². The molecule has 1 aliphatic heterocycles. The van der Waals surface area contributed by atoms with Crippen LogP contribution >= 0.6 is 0 Å². The number of piperazine rings is 1. The molecular weight excluding hydrogens is 238 g/mol. The van der Waals surface area contributed by atoms with Crippen molar-refractivity contribution in [1.29, 1.82) is 0 Å². The number of aromatic nitrogens is 1. The highest BCUT2D eigenvalue weighted by molar-refractivity contribution is 5.83. The molecule has 1 amide bonds. The number of aromatic amines is 1.